The average molecular weight is 138 g/mol. The molecule has 0 bridgehead atoms. The highest BCUT2D eigenvalue weighted by atomic mass is 16.5. The molecule has 1 heterocycles. The molecule has 1 aliphatic heterocycles. The van der Waals surface area contributed by atoms with E-state index in [0.717, 1.165) is 12.2 Å². The second-order valence-electron chi connectivity index (χ2n) is 3.00. The van der Waals surface area contributed by atoms with Gasteiger partial charge in [0.15, 0.2) is 0 Å². The van der Waals surface area contributed by atoms with E-state index in [-0.39, 0.29) is 6.10 Å². The molecule has 0 saturated carbocycles. The lowest BCUT2D eigenvalue weighted by atomic mass is 10.0. The number of hydrogen-bond donors (Lipinski definition) is 0. The van der Waals surface area contributed by atoms with Gasteiger partial charge in [0.05, 0.1) is 12.7 Å². The predicted octanol–water partition coefficient (Wildman–Crippen LogP) is 2.30. The van der Waals surface area contributed by atoms with E-state index in [0.29, 0.717) is 0 Å². The molecule has 1 nitrogen and oxygen atoms in total. The first-order valence-corrected chi connectivity index (χ1v) is 3.56. The van der Waals surface area contributed by atoms with E-state index in [1.165, 1.54) is 11.1 Å². The molecule has 1 unspecified atom stereocenters. The zero-order valence-corrected chi connectivity index (χ0v) is 6.90. The molecule has 0 aromatic rings. The zero-order chi connectivity index (χ0) is 7.72. The highest BCUT2D eigenvalue weighted by Gasteiger charge is 2.20. The van der Waals surface area contributed by atoms with Crippen LogP contribution in [0.1, 0.15) is 20.8 Å². The SMILES string of the molecule is C=C(C)C1OCC(C)=C1C. The van der Waals surface area contributed by atoms with Gasteiger partial charge < -0.3 is 4.74 Å². The van der Waals surface area contributed by atoms with Gasteiger partial charge in [0.2, 0.25) is 0 Å². The molecule has 1 atom stereocenters. The molecule has 0 amide bonds. The summed E-state index contributed by atoms with van der Waals surface area (Å²) in [5.41, 5.74) is 3.80. The van der Waals surface area contributed by atoms with E-state index < -0.39 is 0 Å². The highest BCUT2D eigenvalue weighted by Crippen LogP contribution is 2.24. The van der Waals surface area contributed by atoms with Gasteiger partial charge in [0, 0.05) is 0 Å². The van der Waals surface area contributed by atoms with Crippen molar-refractivity contribution in [2.75, 3.05) is 6.61 Å². The maximum Gasteiger partial charge on any atom is 0.0995 e. The molecular formula is C9H14O. The van der Waals surface area contributed by atoms with Crippen molar-refractivity contribution in [3.63, 3.8) is 0 Å². The normalized spacial score (nSPS) is 25.7. The van der Waals surface area contributed by atoms with Crippen molar-refractivity contribution in [2.24, 2.45) is 0 Å². The van der Waals surface area contributed by atoms with Crippen LogP contribution in [0.5, 0.6) is 0 Å². The van der Waals surface area contributed by atoms with E-state index in [1.54, 1.807) is 0 Å². The van der Waals surface area contributed by atoms with E-state index in [4.69, 9.17) is 4.74 Å². The minimum atomic E-state index is 0.194. The van der Waals surface area contributed by atoms with Gasteiger partial charge in [0.1, 0.15) is 0 Å². The molecule has 0 saturated heterocycles. The van der Waals surface area contributed by atoms with Crippen molar-refractivity contribution in [3.05, 3.63) is 23.3 Å². The van der Waals surface area contributed by atoms with Crippen molar-refractivity contribution in [3.8, 4) is 0 Å². The molecule has 0 aliphatic carbocycles. The minimum absolute atomic E-state index is 0.194. The molecule has 1 aliphatic rings. The van der Waals surface area contributed by atoms with Crippen LogP contribution in [-0.4, -0.2) is 12.7 Å². The largest absolute Gasteiger partial charge is 0.365 e. The minimum Gasteiger partial charge on any atom is -0.365 e. The topological polar surface area (TPSA) is 9.23 Å². The first kappa shape index (κ1) is 7.55. The second kappa shape index (κ2) is 2.59. The van der Waals surface area contributed by atoms with Crippen LogP contribution in [0.3, 0.4) is 0 Å². The van der Waals surface area contributed by atoms with Crippen LogP contribution in [0.4, 0.5) is 0 Å². The van der Waals surface area contributed by atoms with Crippen LogP contribution in [-0.2, 0) is 4.74 Å². The Balaban J connectivity index is 2.77. The van der Waals surface area contributed by atoms with Crippen LogP contribution in [0.15, 0.2) is 23.3 Å². The molecule has 1 heteroatoms. The van der Waals surface area contributed by atoms with Crippen molar-refractivity contribution in [1.82, 2.24) is 0 Å². The van der Waals surface area contributed by atoms with Crippen molar-refractivity contribution >= 4 is 0 Å². The Bertz CT molecular complexity index is 189. The Morgan fingerprint density at radius 2 is 2.20 bits per heavy atom. The van der Waals surface area contributed by atoms with E-state index in [9.17, 15) is 0 Å². The van der Waals surface area contributed by atoms with E-state index in [2.05, 4.69) is 20.4 Å². The van der Waals surface area contributed by atoms with Crippen molar-refractivity contribution < 1.29 is 4.74 Å². The summed E-state index contributed by atoms with van der Waals surface area (Å²) >= 11 is 0. The zero-order valence-electron chi connectivity index (χ0n) is 6.90. The van der Waals surface area contributed by atoms with Crippen LogP contribution in [0.2, 0.25) is 0 Å². The highest BCUT2D eigenvalue weighted by molar-refractivity contribution is 5.27. The smallest absolute Gasteiger partial charge is 0.0995 e. The quantitative estimate of drug-likeness (QED) is 0.505. The third-order valence-electron chi connectivity index (χ3n) is 1.98. The van der Waals surface area contributed by atoms with Gasteiger partial charge in [-0.2, -0.15) is 0 Å². The Morgan fingerprint density at radius 1 is 1.60 bits per heavy atom. The molecule has 0 aromatic carbocycles. The summed E-state index contributed by atoms with van der Waals surface area (Å²) in [4.78, 5) is 0. The molecule has 56 valence electrons. The van der Waals surface area contributed by atoms with Crippen molar-refractivity contribution in [2.45, 2.75) is 26.9 Å². The lowest BCUT2D eigenvalue weighted by molar-refractivity contribution is 0.145. The lowest BCUT2D eigenvalue weighted by Crippen LogP contribution is -2.08. The fourth-order valence-corrected chi connectivity index (χ4v) is 1.18. The molecule has 0 N–H and O–H groups in total. The summed E-state index contributed by atoms with van der Waals surface area (Å²) in [6.45, 7) is 10.9. The Hall–Kier alpha value is -0.560. The average Bonchev–Trinajstić information content (AvgIpc) is 2.14. The summed E-state index contributed by atoms with van der Waals surface area (Å²) < 4.78 is 5.47. The first-order chi connectivity index (χ1) is 4.63. The van der Waals surface area contributed by atoms with Crippen LogP contribution in [0.25, 0.3) is 0 Å². The summed E-state index contributed by atoms with van der Waals surface area (Å²) in [7, 11) is 0. The fraction of sp³-hybridized carbons (Fsp3) is 0.556. The Labute approximate surface area is 62.4 Å². The van der Waals surface area contributed by atoms with Crippen LogP contribution in [0, 0.1) is 0 Å². The molecule has 0 fully saturated rings. The number of hydrogen-bond acceptors (Lipinski definition) is 1. The summed E-state index contributed by atoms with van der Waals surface area (Å²) in [6, 6.07) is 0. The molecule has 0 aromatic heterocycles. The molecular weight excluding hydrogens is 124 g/mol. The van der Waals surface area contributed by atoms with E-state index >= 15 is 0 Å². The lowest BCUT2D eigenvalue weighted by Gasteiger charge is -2.10. The van der Waals surface area contributed by atoms with Crippen LogP contribution < -0.4 is 0 Å². The standard InChI is InChI=1S/C9H14O/c1-6(2)9-8(4)7(3)5-10-9/h9H,1,5H2,2-4H3. The second-order valence-corrected chi connectivity index (χ2v) is 3.00. The Kier molecular flexibility index (Phi) is 1.95. The fourth-order valence-electron chi connectivity index (χ4n) is 1.18. The van der Waals surface area contributed by atoms with E-state index in [1.807, 2.05) is 6.92 Å². The number of ether oxygens (including phenoxy) is 1. The monoisotopic (exact) mass is 138 g/mol. The maximum atomic E-state index is 5.47. The van der Waals surface area contributed by atoms with Gasteiger partial charge in [-0.3, -0.25) is 0 Å². The molecule has 0 radical (unpaired) electrons. The summed E-state index contributed by atoms with van der Waals surface area (Å²) in [6.07, 6.45) is 0.194. The van der Waals surface area contributed by atoms with Crippen LogP contribution >= 0.6 is 0 Å². The number of rotatable bonds is 1. The molecule has 1 rings (SSSR count). The van der Waals surface area contributed by atoms with Gasteiger partial charge in [-0.15, -0.1) is 0 Å². The van der Waals surface area contributed by atoms with Crippen molar-refractivity contribution in [1.29, 1.82) is 0 Å². The van der Waals surface area contributed by atoms with Gasteiger partial charge in [-0.25, -0.2) is 0 Å². The molecule has 0 spiro atoms. The molecule has 10 heavy (non-hydrogen) atoms. The first-order valence-electron chi connectivity index (χ1n) is 3.56. The summed E-state index contributed by atoms with van der Waals surface area (Å²) in [5, 5.41) is 0. The maximum absolute atomic E-state index is 5.47. The van der Waals surface area contributed by atoms with Gasteiger partial charge >= 0.3 is 0 Å². The van der Waals surface area contributed by atoms with Gasteiger partial charge in [-0.1, -0.05) is 6.58 Å². The summed E-state index contributed by atoms with van der Waals surface area (Å²) in [5.74, 6) is 0. The third kappa shape index (κ3) is 1.14. The Morgan fingerprint density at radius 3 is 2.40 bits per heavy atom. The van der Waals surface area contributed by atoms with Gasteiger partial charge in [-0.05, 0) is 37.5 Å². The third-order valence-corrected chi connectivity index (χ3v) is 1.98. The van der Waals surface area contributed by atoms with Gasteiger partial charge in [0.25, 0.3) is 0 Å². The predicted molar refractivity (Wildman–Crippen MR) is 42.9 cm³/mol.